The summed E-state index contributed by atoms with van der Waals surface area (Å²) in [7, 11) is 1.47. The highest BCUT2D eigenvalue weighted by Gasteiger charge is 2.34. The second-order valence-corrected chi connectivity index (χ2v) is 5.30. The van der Waals surface area contributed by atoms with Crippen molar-refractivity contribution in [3.63, 3.8) is 0 Å². The van der Waals surface area contributed by atoms with Crippen LogP contribution in [0.15, 0.2) is 12.3 Å². The molecule has 1 unspecified atom stereocenters. The van der Waals surface area contributed by atoms with Crippen LogP contribution in [0.3, 0.4) is 0 Å². The molecular weight excluding hydrogens is 301 g/mol. The molecule has 9 heteroatoms. The minimum absolute atomic E-state index is 0.140. The normalized spacial score (nSPS) is 18.5. The van der Waals surface area contributed by atoms with Crippen LogP contribution in [0, 0.1) is 0 Å². The van der Waals surface area contributed by atoms with Crippen molar-refractivity contribution >= 4 is 5.91 Å². The van der Waals surface area contributed by atoms with Crippen LogP contribution in [-0.4, -0.2) is 53.4 Å². The maximum Gasteiger partial charge on any atom is 0.435 e. The van der Waals surface area contributed by atoms with Gasteiger partial charge in [0, 0.05) is 26.4 Å². The number of aromatic nitrogens is 2. The van der Waals surface area contributed by atoms with E-state index < -0.39 is 17.9 Å². The van der Waals surface area contributed by atoms with Gasteiger partial charge in [0.15, 0.2) is 5.69 Å². The maximum atomic E-state index is 12.5. The van der Waals surface area contributed by atoms with Crippen LogP contribution in [0.25, 0.3) is 0 Å². The standard InChI is InChI=1S/C13H19F3N4O2/c1-22-8-10(17)12(21)19-5-2-9(3-6-19)20-7-4-11(18-20)13(14,15)16/h4,7,9-10H,2-3,5-6,8,17H2,1H3. The molecule has 124 valence electrons. The van der Waals surface area contributed by atoms with E-state index >= 15 is 0 Å². The van der Waals surface area contributed by atoms with E-state index in [4.69, 9.17) is 10.5 Å². The fraction of sp³-hybridized carbons (Fsp3) is 0.692. The molecule has 2 heterocycles. The number of nitrogens with two attached hydrogens (primary N) is 1. The Morgan fingerprint density at radius 1 is 1.50 bits per heavy atom. The molecule has 1 aliphatic rings. The maximum absolute atomic E-state index is 12.5. The third-order valence-corrected chi connectivity index (χ3v) is 3.71. The first kappa shape index (κ1) is 16.8. The molecule has 0 aliphatic carbocycles. The molecule has 2 N–H and O–H groups in total. The highest BCUT2D eigenvalue weighted by atomic mass is 19.4. The van der Waals surface area contributed by atoms with Gasteiger partial charge in [-0.1, -0.05) is 0 Å². The number of rotatable bonds is 4. The molecule has 2 rings (SSSR count). The molecule has 1 aliphatic heterocycles. The highest BCUT2D eigenvalue weighted by molar-refractivity contribution is 5.81. The predicted octanol–water partition coefficient (Wildman–Crippen LogP) is 1.04. The number of hydrogen-bond donors (Lipinski definition) is 1. The van der Waals surface area contributed by atoms with Crippen molar-refractivity contribution in [3.8, 4) is 0 Å². The lowest BCUT2D eigenvalue weighted by atomic mass is 10.0. The van der Waals surface area contributed by atoms with E-state index in [0.717, 1.165) is 6.07 Å². The number of hydrogen-bond acceptors (Lipinski definition) is 4. The largest absolute Gasteiger partial charge is 0.435 e. The van der Waals surface area contributed by atoms with Crippen LogP contribution in [0.5, 0.6) is 0 Å². The number of carbonyl (C=O) groups excluding carboxylic acids is 1. The molecule has 1 aromatic rings. The van der Waals surface area contributed by atoms with Gasteiger partial charge in [0.2, 0.25) is 5.91 Å². The first-order valence-corrected chi connectivity index (χ1v) is 6.98. The summed E-state index contributed by atoms with van der Waals surface area (Å²) >= 11 is 0. The zero-order chi connectivity index (χ0) is 16.3. The second-order valence-electron chi connectivity index (χ2n) is 5.30. The van der Waals surface area contributed by atoms with Crippen LogP contribution in [0.2, 0.25) is 0 Å². The van der Waals surface area contributed by atoms with Gasteiger partial charge in [-0.2, -0.15) is 18.3 Å². The van der Waals surface area contributed by atoms with Gasteiger partial charge in [-0.3, -0.25) is 9.48 Å². The molecule has 1 fully saturated rings. The van der Waals surface area contributed by atoms with Gasteiger partial charge in [0.25, 0.3) is 0 Å². The number of ether oxygens (including phenoxy) is 1. The van der Waals surface area contributed by atoms with Crippen molar-refractivity contribution in [3.05, 3.63) is 18.0 Å². The molecule has 1 aromatic heterocycles. The quantitative estimate of drug-likeness (QED) is 0.899. The molecule has 22 heavy (non-hydrogen) atoms. The Labute approximate surface area is 126 Å². The number of carbonyl (C=O) groups is 1. The minimum atomic E-state index is -4.44. The molecular formula is C13H19F3N4O2. The first-order chi connectivity index (χ1) is 10.3. The van der Waals surface area contributed by atoms with Crippen molar-refractivity contribution in [2.75, 3.05) is 26.8 Å². The van der Waals surface area contributed by atoms with E-state index in [1.165, 1.54) is 18.0 Å². The molecule has 0 spiro atoms. The van der Waals surface area contributed by atoms with Crippen LogP contribution in [0.4, 0.5) is 13.2 Å². The first-order valence-electron chi connectivity index (χ1n) is 6.98. The number of nitrogens with zero attached hydrogens (tertiary/aromatic N) is 3. The summed E-state index contributed by atoms with van der Waals surface area (Å²) in [6.45, 7) is 1.04. The van der Waals surface area contributed by atoms with Gasteiger partial charge in [-0.25, -0.2) is 0 Å². The van der Waals surface area contributed by atoms with Crippen LogP contribution in [-0.2, 0) is 15.7 Å². The third-order valence-electron chi connectivity index (χ3n) is 3.71. The van der Waals surface area contributed by atoms with Crippen molar-refractivity contribution in [1.82, 2.24) is 14.7 Å². The summed E-state index contributed by atoms with van der Waals surface area (Å²) in [5, 5.41) is 3.58. The minimum Gasteiger partial charge on any atom is -0.383 e. The summed E-state index contributed by atoms with van der Waals surface area (Å²) in [5.41, 5.74) is 4.80. The predicted molar refractivity (Wildman–Crippen MR) is 71.9 cm³/mol. The van der Waals surface area contributed by atoms with E-state index in [9.17, 15) is 18.0 Å². The molecule has 0 radical (unpaired) electrons. The topological polar surface area (TPSA) is 73.4 Å². The summed E-state index contributed by atoms with van der Waals surface area (Å²) in [6, 6.07) is 0.119. The Balaban J connectivity index is 1.92. The molecule has 0 saturated carbocycles. The average molecular weight is 320 g/mol. The van der Waals surface area contributed by atoms with E-state index in [1.54, 1.807) is 4.90 Å². The van der Waals surface area contributed by atoms with Gasteiger partial charge >= 0.3 is 6.18 Å². The van der Waals surface area contributed by atoms with Gasteiger partial charge in [0.1, 0.15) is 6.04 Å². The van der Waals surface area contributed by atoms with Crippen molar-refractivity contribution in [1.29, 1.82) is 0 Å². The van der Waals surface area contributed by atoms with Crippen molar-refractivity contribution in [2.24, 2.45) is 5.73 Å². The number of halogens is 3. The van der Waals surface area contributed by atoms with Crippen LogP contribution in [0.1, 0.15) is 24.6 Å². The molecule has 1 saturated heterocycles. The van der Waals surface area contributed by atoms with Crippen LogP contribution < -0.4 is 5.73 Å². The third kappa shape index (κ3) is 3.77. The summed E-state index contributed by atoms with van der Waals surface area (Å²) in [5.74, 6) is -0.197. The number of alkyl halides is 3. The van der Waals surface area contributed by atoms with E-state index in [2.05, 4.69) is 5.10 Å². The Hall–Kier alpha value is -1.61. The van der Waals surface area contributed by atoms with Gasteiger partial charge in [-0.05, 0) is 18.9 Å². The fourth-order valence-corrected chi connectivity index (χ4v) is 2.53. The van der Waals surface area contributed by atoms with Crippen molar-refractivity contribution < 1.29 is 22.7 Å². The zero-order valence-electron chi connectivity index (χ0n) is 12.2. The SMILES string of the molecule is COCC(N)C(=O)N1CCC(n2ccc(C(F)(F)F)n2)CC1. The zero-order valence-corrected chi connectivity index (χ0v) is 12.2. The highest BCUT2D eigenvalue weighted by Crippen LogP contribution is 2.29. The van der Waals surface area contributed by atoms with Crippen molar-refractivity contribution in [2.45, 2.75) is 31.1 Å². The Morgan fingerprint density at radius 2 is 2.14 bits per heavy atom. The smallest absolute Gasteiger partial charge is 0.383 e. The lowest BCUT2D eigenvalue weighted by Crippen LogP contribution is -2.49. The number of amides is 1. The summed E-state index contributed by atoms with van der Waals surface area (Å²) < 4.78 is 43.8. The lowest BCUT2D eigenvalue weighted by molar-refractivity contribution is -0.141. The fourth-order valence-electron chi connectivity index (χ4n) is 2.53. The average Bonchev–Trinajstić information content (AvgIpc) is 2.97. The van der Waals surface area contributed by atoms with Gasteiger partial charge < -0.3 is 15.4 Å². The van der Waals surface area contributed by atoms with Gasteiger partial charge in [-0.15, -0.1) is 0 Å². The lowest BCUT2D eigenvalue weighted by Gasteiger charge is -2.33. The van der Waals surface area contributed by atoms with Crippen LogP contribution >= 0.6 is 0 Å². The van der Waals surface area contributed by atoms with E-state index in [0.29, 0.717) is 25.9 Å². The van der Waals surface area contributed by atoms with E-state index in [-0.39, 0.29) is 18.6 Å². The summed E-state index contributed by atoms with van der Waals surface area (Å²) in [4.78, 5) is 13.6. The number of piperidine rings is 1. The molecule has 1 amide bonds. The molecule has 0 aromatic carbocycles. The molecule has 6 nitrogen and oxygen atoms in total. The Morgan fingerprint density at radius 3 is 2.64 bits per heavy atom. The number of methoxy groups -OCH3 is 1. The summed E-state index contributed by atoms with van der Waals surface area (Å²) in [6.07, 6.45) is -2.01. The Kier molecular flexibility index (Phi) is 5.07. The molecule has 0 bridgehead atoms. The Bertz CT molecular complexity index is 510. The monoisotopic (exact) mass is 320 g/mol. The van der Waals surface area contributed by atoms with E-state index in [1.807, 2.05) is 0 Å². The second kappa shape index (κ2) is 6.66. The molecule has 1 atom stereocenters. The number of likely N-dealkylation sites (tertiary alicyclic amines) is 1. The van der Waals surface area contributed by atoms with Gasteiger partial charge in [0.05, 0.1) is 12.6 Å².